The van der Waals surface area contributed by atoms with E-state index in [2.05, 4.69) is 5.32 Å². The molecule has 0 saturated heterocycles. The van der Waals surface area contributed by atoms with Crippen molar-refractivity contribution in [2.75, 3.05) is 11.9 Å². The number of rotatable bonds is 8. The number of hydrogen-bond donors (Lipinski definition) is 2. The standard InChI is InChI=1S/C15H19NO5/c1-2-21-15(20)11-7-3-4-8-12(11)16-13(17)9-5-6-10-14(18)19/h3-4,7-8H,2,5-6,9-10H2,1H3,(H,16,17)(H,18,19). The molecule has 0 heterocycles. The first kappa shape index (κ1) is 16.7. The first-order valence-corrected chi connectivity index (χ1v) is 6.82. The van der Waals surface area contributed by atoms with Crippen molar-refractivity contribution in [3.8, 4) is 0 Å². The molecule has 114 valence electrons. The number of benzene rings is 1. The Morgan fingerprint density at radius 2 is 1.81 bits per heavy atom. The van der Waals surface area contributed by atoms with Gasteiger partial charge in [-0.05, 0) is 31.9 Å². The van der Waals surface area contributed by atoms with Gasteiger partial charge < -0.3 is 15.2 Å². The Kier molecular flexibility index (Phi) is 6.94. The minimum atomic E-state index is -0.872. The van der Waals surface area contributed by atoms with Crippen LogP contribution in [0, 0.1) is 0 Å². The number of carbonyl (C=O) groups is 3. The largest absolute Gasteiger partial charge is 0.481 e. The molecule has 0 unspecified atom stereocenters. The Labute approximate surface area is 123 Å². The van der Waals surface area contributed by atoms with Gasteiger partial charge in [0, 0.05) is 12.8 Å². The van der Waals surface area contributed by atoms with E-state index in [1.54, 1.807) is 31.2 Å². The van der Waals surface area contributed by atoms with Gasteiger partial charge in [0.1, 0.15) is 0 Å². The van der Waals surface area contributed by atoms with E-state index in [-0.39, 0.29) is 25.4 Å². The van der Waals surface area contributed by atoms with E-state index in [4.69, 9.17) is 9.84 Å². The minimum Gasteiger partial charge on any atom is -0.481 e. The fraction of sp³-hybridized carbons (Fsp3) is 0.400. The summed E-state index contributed by atoms with van der Waals surface area (Å²) in [5, 5.41) is 11.2. The van der Waals surface area contributed by atoms with Gasteiger partial charge in [0.2, 0.25) is 5.91 Å². The SMILES string of the molecule is CCOC(=O)c1ccccc1NC(=O)CCCCC(=O)O. The van der Waals surface area contributed by atoms with Crippen LogP contribution in [0.15, 0.2) is 24.3 Å². The van der Waals surface area contributed by atoms with Crippen molar-refractivity contribution in [2.24, 2.45) is 0 Å². The number of esters is 1. The maximum atomic E-state index is 11.8. The van der Waals surface area contributed by atoms with Crippen LogP contribution < -0.4 is 5.32 Å². The molecule has 0 spiro atoms. The maximum absolute atomic E-state index is 11.8. The van der Waals surface area contributed by atoms with Crippen LogP contribution in [0.4, 0.5) is 5.69 Å². The molecule has 0 radical (unpaired) electrons. The van der Waals surface area contributed by atoms with Crippen LogP contribution in [-0.2, 0) is 14.3 Å². The number of anilines is 1. The number of nitrogens with one attached hydrogen (secondary N) is 1. The second-order valence-electron chi connectivity index (χ2n) is 4.42. The number of amides is 1. The summed E-state index contributed by atoms with van der Waals surface area (Å²) < 4.78 is 4.92. The molecular weight excluding hydrogens is 274 g/mol. The molecule has 0 aliphatic rings. The zero-order valence-electron chi connectivity index (χ0n) is 11.9. The Balaban J connectivity index is 2.56. The Morgan fingerprint density at radius 3 is 2.48 bits per heavy atom. The third kappa shape index (κ3) is 6.07. The number of para-hydroxylation sites is 1. The number of ether oxygens (including phenoxy) is 1. The van der Waals surface area contributed by atoms with Crippen LogP contribution in [0.2, 0.25) is 0 Å². The highest BCUT2D eigenvalue weighted by atomic mass is 16.5. The summed E-state index contributed by atoms with van der Waals surface area (Å²) in [7, 11) is 0. The molecule has 0 fully saturated rings. The van der Waals surface area contributed by atoms with Gasteiger partial charge >= 0.3 is 11.9 Å². The van der Waals surface area contributed by atoms with Crippen LogP contribution in [0.5, 0.6) is 0 Å². The molecule has 1 rings (SSSR count). The monoisotopic (exact) mass is 293 g/mol. The molecule has 0 aliphatic carbocycles. The van der Waals surface area contributed by atoms with Gasteiger partial charge in [-0.25, -0.2) is 4.79 Å². The van der Waals surface area contributed by atoms with Gasteiger partial charge in [0.25, 0.3) is 0 Å². The maximum Gasteiger partial charge on any atom is 0.340 e. The van der Waals surface area contributed by atoms with Crippen molar-refractivity contribution >= 4 is 23.5 Å². The lowest BCUT2D eigenvalue weighted by Gasteiger charge is -2.10. The fourth-order valence-corrected chi connectivity index (χ4v) is 1.75. The summed E-state index contributed by atoms with van der Waals surface area (Å²) in [6, 6.07) is 6.61. The third-order valence-corrected chi connectivity index (χ3v) is 2.74. The quantitative estimate of drug-likeness (QED) is 0.567. The Bertz CT molecular complexity index is 513. The van der Waals surface area contributed by atoms with E-state index in [1.165, 1.54) is 0 Å². The lowest BCUT2D eigenvalue weighted by molar-refractivity contribution is -0.137. The van der Waals surface area contributed by atoms with Crippen molar-refractivity contribution < 1.29 is 24.2 Å². The van der Waals surface area contributed by atoms with Crippen molar-refractivity contribution in [3.05, 3.63) is 29.8 Å². The van der Waals surface area contributed by atoms with E-state index in [9.17, 15) is 14.4 Å². The summed E-state index contributed by atoms with van der Waals surface area (Å²) in [4.78, 5) is 33.9. The molecule has 0 saturated carbocycles. The average molecular weight is 293 g/mol. The molecule has 1 aromatic carbocycles. The zero-order chi connectivity index (χ0) is 15.7. The summed E-state index contributed by atoms with van der Waals surface area (Å²) in [6.07, 6.45) is 1.19. The zero-order valence-corrected chi connectivity index (χ0v) is 11.9. The summed E-state index contributed by atoms with van der Waals surface area (Å²) in [5.74, 6) is -1.61. The molecule has 0 atom stereocenters. The minimum absolute atomic E-state index is 0.0483. The molecule has 0 bridgehead atoms. The summed E-state index contributed by atoms with van der Waals surface area (Å²) >= 11 is 0. The van der Waals surface area contributed by atoms with Gasteiger partial charge in [0.05, 0.1) is 17.9 Å². The van der Waals surface area contributed by atoms with Crippen LogP contribution in [-0.4, -0.2) is 29.6 Å². The first-order chi connectivity index (χ1) is 10.0. The molecule has 0 aromatic heterocycles. The molecule has 1 amide bonds. The molecule has 6 heteroatoms. The van der Waals surface area contributed by atoms with E-state index in [1.807, 2.05) is 0 Å². The number of carboxylic acid groups (broad SMARTS) is 1. The predicted molar refractivity (Wildman–Crippen MR) is 77.1 cm³/mol. The van der Waals surface area contributed by atoms with Crippen molar-refractivity contribution in [1.82, 2.24) is 0 Å². The number of carbonyl (C=O) groups excluding carboxylic acids is 2. The van der Waals surface area contributed by atoms with E-state index in [0.29, 0.717) is 24.1 Å². The van der Waals surface area contributed by atoms with Crippen LogP contribution in [0.25, 0.3) is 0 Å². The fourth-order valence-electron chi connectivity index (χ4n) is 1.75. The highest BCUT2D eigenvalue weighted by Crippen LogP contribution is 2.17. The van der Waals surface area contributed by atoms with Crippen LogP contribution in [0.1, 0.15) is 43.0 Å². The second kappa shape index (κ2) is 8.73. The Hall–Kier alpha value is -2.37. The van der Waals surface area contributed by atoms with Gasteiger partial charge in [-0.15, -0.1) is 0 Å². The van der Waals surface area contributed by atoms with Gasteiger partial charge in [-0.3, -0.25) is 9.59 Å². The second-order valence-corrected chi connectivity index (χ2v) is 4.42. The van der Waals surface area contributed by atoms with Crippen molar-refractivity contribution in [2.45, 2.75) is 32.6 Å². The topological polar surface area (TPSA) is 92.7 Å². The number of unbranched alkanes of at least 4 members (excludes halogenated alkanes) is 1. The molecule has 6 nitrogen and oxygen atoms in total. The van der Waals surface area contributed by atoms with Crippen LogP contribution >= 0.6 is 0 Å². The smallest absolute Gasteiger partial charge is 0.340 e. The lowest BCUT2D eigenvalue weighted by Crippen LogP contribution is -2.15. The highest BCUT2D eigenvalue weighted by molar-refractivity contribution is 6.01. The van der Waals surface area contributed by atoms with Crippen molar-refractivity contribution in [1.29, 1.82) is 0 Å². The molecule has 0 aliphatic heterocycles. The number of hydrogen-bond acceptors (Lipinski definition) is 4. The van der Waals surface area contributed by atoms with Gasteiger partial charge in [-0.2, -0.15) is 0 Å². The Morgan fingerprint density at radius 1 is 1.14 bits per heavy atom. The first-order valence-electron chi connectivity index (χ1n) is 6.82. The number of carboxylic acids is 1. The van der Waals surface area contributed by atoms with Gasteiger partial charge in [-0.1, -0.05) is 12.1 Å². The highest BCUT2D eigenvalue weighted by Gasteiger charge is 2.13. The van der Waals surface area contributed by atoms with Gasteiger partial charge in [0.15, 0.2) is 0 Å². The third-order valence-electron chi connectivity index (χ3n) is 2.74. The number of aliphatic carboxylic acids is 1. The molecular formula is C15H19NO5. The van der Waals surface area contributed by atoms with E-state index < -0.39 is 11.9 Å². The molecule has 2 N–H and O–H groups in total. The van der Waals surface area contributed by atoms with E-state index >= 15 is 0 Å². The summed E-state index contributed by atoms with van der Waals surface area (Å²) in [5.41, 5.74) is 0.706. The lowest BCUT2D eigenvalue weighted by atomic mass is 10.1. The molecule has 21 heavy (non-hydrogen) atoms. The van der Waals surface area contributed by atoms with Crippen molar-refractivity contribution in [3.63, 3.8) is 0 Å². The summed E-state index contributed by atoms with van der Waals surface area (Å²) in [6.45, 7) is 1.97. The normalized spacial score (nSPS) is 9.95. The van der Waals surface area contributed by atoms with Crippen LogP contribution in [0.3, 0.4) is 0 Å². The molecule has 1 aromatic rings. The van der Waals surface area contributed by atoms with E-state index in [0.717, 1.165) is 0 Å². The predicted octanol–water partition coefficient (Wildman–Crippen LogP) is 2.45. The average Bonchev–Trinajstić information content (AvgIpc) is 2.44.